The molecule has 158 valence electrons. The van der Waals surface area contributed by atoms with E-state index >= 15 is 0 Å². The van der Waals surface area contributed by atoms with Gasteiger partial charge in [-0.05, 0) is 18.2 Å². The lowest BCUT2D eigenvalue weighted by Crippen LogP contribution is -2.09. The summed E-state index contributed by atoms with van der Waals surface area (Å²) in [5.41, 5.74) is 10.1. The number of anilines is 2. The summed E-state index contributed by atoms with van der Waals surface area (Å²) in [6, 6.07) is 4.74. The summed E-state index contributed by atoms with van der Waals surface area (Å²) in [5, 5.41) is 7.23. The van der Waals surface area contributed by atoms with Gasteiger partial charge in [0.25, 0.3) is 0 Å². The van der Waals surface area contributed by atoms with E-state index in [4.69, 9.17) is 21.1 Å². The van der Waals surface area contributed by atoms with Crippen LogP contribution in [-0.4, -0.2) is 15.4 Å². The Balaban J connectivity index is 1.95. The van der Waals surface area contributed by atoms with Crippen molar-refractivity contribution in [3.8, 4) is 17.6 Å². The predicted molar refractivity (Wildman–Crippen MR) is 107 cm³/mol. The van der Waals surface area contributed by atoms with Crippen molar-refractivity contribution >= 4 is 28.8 Å². The molecule has 3 rings (SSSR count). The molecule has 0 spiro atoms. The first-order valence-electron chi connectivity index (χ1n) is 8.32. The van der Waals surface area contributed by atoms with E-state index in [-0.39, 0.29) is 16.9 Å². The van der Waals surface area contributed by atoms with Crippen molar-refractivity contribution in [3.05, 3.63) is 76.5 Å². The largest absolute Gasteiger partial charge is 0.394 e. The second-order valence-corrected chi connectivity index (χ2v) is 6.97. The molecule has 0 aliphatic rings. The van der Waals surface area contributed by atoms with E-state index in [9.17, 15) is 21.8 Å². The van der Waals surface area contributed by atoms with Gasteiger partial charge in [-0.15, -0.1) is 0 Å². The molecular weight excluding hydrogens is 436 g/mol. The molecule has 0 radical (unpaired) electrons. The lowest BCUT2D eigenvalue weighted by molar-refractivity contribution is 0.503. The summed E-state index contributed by atoms with van der Waals surface area (Å²) in [6.07, 6.45) is 2.19. The van der Waals surface area contributed by atoms with Crippen molar-refractivity contribution in [3.63, 3.8) is 0 Å². The topological polar surface area (TPSA) is 115 Å². The molecule has 0 amide bonds. The fourth-order valence-electron chi connectivity index (χ4n) is 2.37. The molecule has 2 aromatic carbocycles. The van der Waals surface area contributed by atoms with Crippen LogP contribution in [0, 0.1) is 40.5 Å². The fraction of sp³-hybridized carbons (Fsp3) is 0. The monoisotopic (exact) mass is 448 g/mol. The molecule has 0 aliphatic carbocycles. The van der Waals surface area contributed by atoms with Crippen LogP contribution in [0.5, 0.6) is 5.75 Å². The molecule has 0 aliphatic heterocycles. The Morgan fingerprint density at radius 3 is 2.39 bits per heavy atom. The zero-order valence-corrected chi connectivity index (χ0v) is 16.2. The minimum atomic E-state index is -2.77. The van der Waals surface area contributed by atoms with Crippen LogP contribution in [0.4, 0.5) is 29.1 Å². The van der Waals surface area contributed by atoms with Crippen LogP contribution in [0.1, 0.15) is 16.7 Å². The van der Waals surface area contributed by atoms with Crippen molar-refractivity contribution in [2.45, 2.75) is 4.90 Å². The summed E-state index contributed by atoms with van der Waals surface area (Å²) < 4.78 is 73.4. The number of pyridine rings is 1. The second-order valence-electron chi connectivity index (χ2n) is 5.92. The molecule has 0 saturated heterocycles. The van der Waals surface area contributed by atoms with Crippen molar-refractivity contribution < 1.29 is 26.0 Å². The summed E-state index contributed by atoms with van der Waals surface area (Å²) in [4.78, 5) is 2.88. The highest BCUT2D eigenvalue weighted by Gasteiger charge is 2.22. The third-order valence-electron chi connectivity index (χ3n) is 3.91. The Bertz CT molecular complexity index is 1270. The predicted octanol–water partition coefficient (Wildman–Crippen LogP) is 3.30. The van der Waals surface area contributed by atoms with Crippen LogP contribution in [-0.2, 0) is 11.1 Å². The van der Waals surface area contributed by atoms with Gasteiger partial charge in [-0.3, -0.25) is 0 Å². The van der Waals surface area contributed by atoms with Gasteiger partial charge in [0.1, 0.15) is 33.9 Å². The van der Waals surface area contributed by atoms with E-state index in [0.29, 0.717) is 6.07 Å². The van der Waals surface area contributed by atoms with E-state index in [1.165, 1.54) is 12.3 Å². The Kier molecular flexibility index (Phi) is 6.22. The van der Waals surface area contributed by atoms with Gasteiger partial charge in [0, 0.05) is 29.6 Å². The van der Waals surface area contributed by atoms with Gasteiger partial charge >= 0.3 is 0 Å². The SMILES string of the molecule is N=Cc1cc(C#Cc2c(F)cc(OS(=O)c3c(F)cccc3F)c(N)c2F)cnc1N. The maximum atomic E-state index is 14.6. The average Bonchev–Trinajstić information content (AvgIpc) is 2.72. The van der Waals surface area contributed by atoms with Crippen LogP contribution in [0.15, 0.2) is 41.4 Å². The van der Waals surface area contributed by atoms with Crippen LogP contribution in [0.3, 0.4) is 0 Å². The van der Waals surface area contributed by atoms with Crippen molar-refractivity contribution in [2.24, 2.45) is 0 Å². The molecule has 0 saturated carbocycles. The number of nitrogens with one attached hydrogen (secondary N) is 1. The number of hydrogen-bond donors (Lipinski definition) is 3. The van der Waals surface area contributed by atoms with Crippen LogP contribution in [0.25, 0.3) is 0 Å². The average molecular weight is 448 g/mol. The number of aromatic nitrogens is 1. The lowest BCUT2D eigenvalue weighted by atomic mass is 10.1. The lowest BCUT2D eigenvalue weighted by Gasteiger charge is -2.11. The van der Waals surface area contributed by atoms with E-state index in [2.05, 4.69) is 16.8 Å². The molecule has 0 bridgehead atoms. The van der Waals surface area contributed by atoms with Gasteiger partial charge in [-0.2, -0.15) is 0 Å². The Morgan fingerprint density at radius 1 is 1.06 bits per heavy atom. The highest BCUT2D eigenvalue weighted by atomic mass is 32.2. The highest BCUT2D eigenvalue weighted by Crippen LogP contribution is 2.31. The quantitative estimate of drug-likeness (QED) is 0.245. The third kappa shape index (κ3) is 4.49. The molecule has 5 N–H and O–H groups in total. The minimum absolute atomic E-state index is 0.0861. The first-order valence-corrected chi connectivity index (χ1v) is 9.40. The zero-order valence-electron chi connectivity index (χ0n) is 15.4. The van der Waals surface area contributed by atoms with E-state index in [1.54, 1.807) is 0 Å². The summed E-state index contributed by atoms with van der Waals surface area (Å²) in [6.45, 7) is 0. The van der Waals surface area contributed by atoms with Gasteiger partial charge in [0.2, 0.25) is 11.1 Å². The molecule has 1 atom stereocenters. The first kappa shape index (κ1) is 21.8. The number of nitrogens with zero attached hydrogens (tertiary/aromatic N) is 1. The number of rotatable bonds is 4. The Morgan fingerprint density at radius 2 is 1.74 bits per heavy atom. The zero-order chi connectivity index (χ0) is 22.7. The van der Waals surface area contributed by atoms with E-state index in [1.807, 2.05) is 0 Å². The number of nitrogens with two attached hydrogens (primary N) is 2. The number of halogens is 4. The van der Waals surface area contributed by atoms with Gasteiger partial charge < -0.3 is 21.1 Å². The number of benzene rings is 2. The van der Waals surface area contributed by atoms with Crippen molar-refractivity contribution in [2.75, 3.05) is 11.5 Å². The molecule has 6 nitrogen and oxygen atoms in total. The Labute approximate surface area is 176 Å². The highest BCUT2D eigenvalue weighted by molar-refractivity contribution is 7.80. The molecule has 31 heavy (non-hydrogen) atoms. The van der Waals surface area contributed by atoms with Crippen LogP contribution in [0.2, 0.25) is 0 Å². The Hall–Kier alpha value is -3.91. The molecule has 3 aromatic rings. The number of nitrogen functional groups attached to an aromatic ring is 2. The van der Waals surface area contributed by atoms with E-state index < -0.39 is 56.2 Å². The standard InChI is InChI=1S/C20H12F4N4O2S/c21-13-2-1-3-14(22)19(13)31(29)30-16-7-15(23)12(17(24)18(16)26)5-4-10-6-11(8-25)20(27)28-9-10/h1-3,6-9,25H,26H2,(H2,27,28). The molecule has 1 unspecified atom stereocenters. The van der Waals surface area contributed by atoms with E-state index in [0.717, 1.165) is 24.4 Å². The molecule has 0 fully saturated rings. The van der Waals surface area contributed by atoms with Crippen LogP contribution >= 0.6 is 0 Å². The summed E-state index contributed by atoms with van der Waals surface area (Å²) in [7, 11) is 0. The van der Waals surface area contributed by atoms with Gasteiger partial charge in [-0.1, -0.05) is 17.9 Å². The molecule has 11 heteroatoms. The third-order valence-corrected chi connectivity index (χ3v) is 4.96. The smallest absolute Gasteiger partial charge is 0.246 e. The van der Waals surface area contributed by atoms with Crippen molar-refractivity contribution in [1.29, 1.82) is 5.41 Å². The van der Waals surface area contributed by atoms with Gasteiger partial charge in [-0.25, -0.2) is 26.8 Å². The summed E-state index contributed by atoms with van der Waals surface area (Å²) >= 11 is -2.77. The first-order chi connectivity index (χ1) is 14.7. The summed E-state index contributed by atoms with van der Waals surface area (Å²) in [5.74, 6) is -0.774. The van der Waals surface area contributed by atoms with Gasteiger partial charge in [0.15, 0.2) is 11.6 Å². The number of hydrogen-bond acceptors (Lipinski definition) is 6. The van der Waals surface area contributed by atoms with Crippen molar-refractivity contribution in [1.82, 2.24) is 4.98 Å². The minimum Gasteiger partial charge on any atom is -0.394 e. The maximum absolute atomic E-state index is 14.6. The molecule has 1 aromatic heterocycles. The normalized spacial score (nSPS) is 11.4. The maximum Gasteiger partial charge on any atom is 0.246 e. The molecular formula is C20H12F4N4O2S. The molecule has 1 heterocycles. The van der Waals surface area contributed by atoms with Gasteiger partial charge in [0.05, 0.1) is 5.56 Å². The van der Waals surface area contributed by atoms with Crippen LogP contribution < -0.4 is 15.7 Å². The fourth-order valence-corrected chi connectivity index (χ4v) is 3.21. The second kappa shape index (κ2) is 8.85.